The molecule has 0 unspecified atom stereocenters. The van der Waals surface area contributed by atoms with Crippen molar-refractivity contribution in [3.05, 3.63) is 69.1 Å². The van der Waals surface area contributed by atoms with Crippen LogP contribution < -0.4 is 5.73 Å². The van der Waals surface area contributed by atoms with Gasteiger partial charge in [0, 0.05) is 30.6 Å². The first-order valence-electron chi connectivity index (χ1n) is 10.1. The number of nitrogens with zero attached hydrogens (tertiary/aromatic N) is 2. The summed E-state index contributed by atoms with van der Waals surface area (Å²) in [5.41, 5.74) is 7.65. The van der Waals surface area contributed by atoms with Gasteiger partial charge in [0.2, 0.25) is 5.91 Å². The minimum Gasteiger partial charge on any atom is -0.505 e. The SMILES string of the molecule is NC(=O)c1c2c(c(O)c3ncc(Cc4cccc(Cl)c4F)cc13)C(=O)N1CCC[C@@H]1C2. The van der Waals surface area contributed by atoms with Crippen molar-refractivity contribution in [3.63, 3.8) is 0 Å². The third-order valence-electron chi connectivity index (χ3n) is 6.24. The van der Waals surface area contributed by atoms with Crippen molar-refractivity contribution in [2.45, 2.75) is 31.7 Å². The number of benzene rings is 2. The molecule has 3 heterocycles. The van der Waals surface area contributed by atoms with Crippen molar-refractivity contribution in [2.24, 2.45) is 5.73 Å². The van der Waals surface area contributed by atoms with Crippen LogP contribution in [0.2, 0.25) is 5.02 Å². The number of aromatic nitrogens is 1. The summed E-state index contributed by atoms with van der Waals surface area (Å²) in [6.45, 7) is 0.629. The van der Waals surface area contributed by atoms with Crippen molar-refractivity contribution in [1.82, 2.24) is 9.88 Å². The van der Waals surface area contributed by atoms with Gasteiger partial charge in [0.25, 0.3) is 5.91 Å². The summed E-state index contributed by atoms with van der Waals surface area (Å²) in [5, 5.41) is 11.3. The lowest BCUT2D eigenvalue weighted by Gasteiger charge is -2.33. The first-order valence-corrected chi connectivity index (χ1v) is 10.4. The van der Waals surface area contributed by atoms with E-state index < -0.39 is 11.7 Å². The van der Waals surface area contributed by atoms with Gasteiger partial charge in [-0.3, -0.25) is 14.6 Å². The van der Waals surface area contributed by atoms with Crippen molar-refractivity contribution < 1.29 is 19.1 Å². The third kappa shape index (κ3) is 3.03. The van der Waals surface area contributed by atoms with E-state index in [0.717, 1.165) is 12.8 Å². The van der Waals surface area contributed by atoms with Gasteiger partial charge in [-0.05, 0) is 48.1 Å². The van der Waals surface area contributed by atoms with Crippen LogP contribution in [0.3, 0.4) is 0 Å². The van der Waals surface area contributed by atoms with Gasteiger partial charge < -0.3 is 15.7 Å². The molecule has 31 heavy (non-hydrogen) atoms. The van der Waals surface area contributed by atoms with E-state index in [1.54, 1.807) is 23.1 Å². The number of primary amides is 1. The molecule has 0 radical (unpaired) electrons. The van der Waals surface area contributed by atoms with Gasteiger partial charge in [-0.25, -0.2) is 4.39 Å². The number of hydrogen-bond donors (Lipinski definition) is 2. The molecule has 0 bridgehead atoms. The average molecular weight is 440 g/mol. The summed E-state index contributed by atoms with van der Waals surface area (Å²) < 4.78 is 14.4. The molecular formula is C23H19ClFN3O3. The van der Waals surface area contributed by atoms with Crippen LogP contribution in [0, 0.1) is 5.82 Å². The lowest BCUT2D eigenvalue weighted by atomic mass is 9.86. The fourth-order valence-electron chi connectivity index (χ4n) is 4.85. The van der Waals surface area contributed by atoms with Crippen LogP contribution in [-0.4, -0.2) is 39.4 Å². The number of carbonyl (C=O) groups is 2. The minimum absolute atomic E-state index is 0.00773. The van der Waals surface area contributed by atoms with E-state index in [2.05, 4.69) is 4.98 Å². The molecule has 1 atom stereocenters. The maximum Gasteiger partial charge on any atom is 0.258 e. The van der Waals surface area contributed by atoms with E-state index in [-0.39, 0.29) is 45.8 Å². The zero-order chi connectivity index (χ0) is 21.9. The monoisotopic (exact) mass is 439 g/mol. The zero-order valence-electron chi connectivity index (χ0n) is 16.5. The van der Waals surface area contributed by atoms with Crippen LogP contribution in [0.25, 0.3) is 10.9 Å². The van der Waals surface area contributed by atoms with Gasteiger partial charge in [-0.2, -0.15) is 0 Å². The number of pyridine rings is 1. The Bertz CT molecular complexity index is 1280. The average Bonchev–Trinajstić information content (AvgIpc) is 3.20. The van der Waals surface area contributed by atoms with Crippen LogP contribution >= 0.6 is 11.6 Å². The molecule has 2 amide bonds. The van der Waals surface area contributed by atoms with Crippen molar-refractivity contribution >= 4 is 34.3 Å². The van der Waals surface area contributed by atoms with Crippen LogP contribution in [-0.2, 0) is 12.8 Å². The smallest absolute Gasteiger partial charge is 0.258 e. The van der Waals surface area contributed by atoms with E-state index in [9.17, 15) is 19.1 Å². The highest BCUT2D eigenvalue weighted by Gasteiger charge is 2.40. The summed E-state index contributed by atoms with van der Waals surface area (Å²) >= 11 is 5.88. The summed E-state index contributed by atoms with van der Waals surface area (Å²) in [6.07, 6.45) is 3.86. The van der Waals surface area contributed by atoms with Crippen LogP contribution in [0.15, 0.2) is 30.5 Å². The molecule has 6 nitrogen and oxygen atoms in total. The maximum atomic E-state index is 14.4. The second-order valence-corrected chi connectivity index (χ2v) is 8.48. The van der Waals surface area contributed by atoms with E-state index >= 15 is 0 Å². The van der Waals surface area contributed by atoms with Gasteiger partial charge in [0.1, 0.15) is 11.3 Å². The molecule has 158 valence electrons. The molecule has 3 N–H and O–H groups in total. The maximum absolute atomic E-state index is 14.4. The second-order valence-electron chi connectivity index (χ2n) is 8.07. The summed E-state index contributed by atoms with van der Waals surface area (Å²) in [4.78, 5) is 31.6. The van der Waals surface area contributed by atoms with Crippen molar-refractivity contribution in [1.29, 1.82) is 0 Å². The van der Waals surface area contributed by atoms with Crippen LogP contribution in [0.5, 0.6) is 5.75 Å². The Labute approximate surface area is 182 Å². The first kappa shape index (κ1) is 19.8. The highest BCUT2D eigenvalue weighted by Crippen LogP contribution is 2.41. The van der Waals surface area contributed by atoms with E-state index in [4.69, 9.17) is 17.3 Å². The number of amides is 2. The number of nitrogens with two attached hydrogens (primary N) is 1. The van der Waals surface area contributed by atoms with Crippen molar-refractivity contribution in [2.75, 3.05) is 6.54 Å². The zero-order valence-corrected chi connectivity index (χ0v) is 17.2. The van der Waals surface area contributed by atoms with E-state index in [1.165, 1.54) is 12.3 Å². The fourth-order valence-corrected chi connectivity index (χ4v) is 5.04. The number of fused-ring (bicyclic) bond motifs is 3. The predicted molar refractivity (Wildman–Crippen MR) is 114 cm³/mol. The molecule has 1 fully saturated rings. The molecule has 0 spiro atoms. The number of halogens is 2. The Morgan fingerprint density at radius 2 is 2.19 bits per heavy atom. The first-order chi connectivity index (χ1) is 14.9. The number of carbonyl (C=O) groups excluding carboxylic acids is 2. The molecule has 2 aromatic carbocycles. The van der Waals surface area contributed by atoms with Crippen LogP contribution in [0.4, 0.5) is 4.39 Å². The molecule has 1 aromatic heterocycles. The van der Waals surface area contributed by atoms with Gasteiger partial charge in [-0.15, -0.1) is 0 Å². The highest BCUT2D eigenvalue weighted by molar-refractivity contribution is 6.30. The number of phenolic OH excluding ortho intramolecular Hbond substituents is 1. The Morgan fingerprint density at radius 1 is 1.39 bits per heavy atom. The number of hydrogen-bond acceptors (Lipinski definition) is 4. The van der Waals surface area contributed by atoms with Crippen LogP contribution in [0.1, 0.15) is 50.2 Å². The predicted octanol–water partition coefficient (Wildman–Crippen LogP) is 3.58. The molecule has 3 aromatic rings. The standard InChI is InChI=1S/C23H19ClFN3O3/c24-16-5-1-3-12(19(16)25)7-11-8-15-17(22(26)30)14-9-13-4-2-6-28(13)23(31)18(14)21(29)20(15)27-10-11/h1,3,5,8,10,13,29H,2,4,6-7,9H2,(H2,26,30)/t13-/m1/s1. The molecule has 5 rings (SSSR count). The number of phenols is 1. The number of rotatable bonds is 3. The summed E-state index contributed by atoms with van der Waals surface area (Å²) in [5.74, 6) is -1.74. The van der Waals surface area contributed by atoms with Gasteiger partial charge in [0.15, 0.2) is 5.75 Å². The topological polar surface area (TPSA) is 96.5 Å². The van der Waals surface area contributed by atoms with Gasteiger partial charge >= 0.3 is 0 Å². The molecule has 8 heteroatoms. The quantitative estimate of drug-likeness (QED) is 0.651. The highest BCUT2D eigenvalue weighted by atomic mass is 35.5. The molecule has 2 aliphatic heterocycles. The second kappa shape index (κ2) is 7.20. The summed E-state index contributed by atoms with van der Waals surface area (Å²) in [7, 11) is 0. The van der Waals surface area contributed by atoms with Crippen molar-refractivity contribution in [3.8, 4) is 5.75 Å². The van der Waals surface area contributed by atoms with E-state index in [1.807, 2.05) is 0 Å². The normalized spacial score (nSPS) is 17.7. The Kier molecular flexibility index (Phi) is 4.59. The van der Waals surface area contributed by atoms with E-state index in [0.29, 0.717) is 35.0 Å². The Morgan fingerprint density at radius 3 is 2.97 bits per heavy atom. The molecule has 0 saturated carbocycles. The third-order valence-corrected chi connectivity index (χ3v) is 6.53. The summed E-state index contributed by atoms with van der Waals surface area (Å²) in [6, 6.07) is 6.42. The van der Waals surface area contributed by atoms with Gasteiger partial charge in [-0.1, -0.05) is 23.7 Å². The lowest BCUT2D eigenvalue weighted by molar-refractivity contribution is 0.0711. The molecule has 2 aliphatic rings. The molecule has 0 aliphatic carbocycles. The van der Waals surface area contributed by atoms with Gasteiger partial charge in [0.05, 0.1) is 16.1 Å². The fraction of sp³-hybridized carbons (Fsp3) is 0.261. The lowest BCUT2D eigenvalue weighted by Crippen LogP contribution is -2.42. The molecular weight excluding hydrogens is 421 g/mol. The minimum atomic E-state index is -0.687. The number of aromatic hydroxyl groups is 1. The Hall–Kier alpha value is -3.19. The Balaban J connectivity index is 1.70. The molecule has 1 saturated heterocycles. The largest absolute Gasteiger partial charge is 0.505 e.